The van der Waals surface area contributed by atoms with Gasteiger partial charge in [-0.05, 0) is 35.2 Å². The minimum absolute atomic E-state index is 0.0836. The van der Waals surface area contributed by atoms with E-state index in [9.17, 15) is 8.42 Å². The molecular weight excluding hydrogens is 336 g/mol. The first-order valence-electron chi connectivity index (χ1n) is 6.12. The highest BCUT2D eigenvalue weighted by Gasteiger charge is 2.23. The van der Waals surface area contributed by atoms with Gasteiger partial charge in [-0.3, -0.25) is 0 Å². The van der Waals surface area contributed by atoms with E-state index in [0.717, 1.165) is 19.4 Å². The van der Waals surface area contributed by atoms with Crippen LogP contribution in [0.25, 0.3) is 0 Å². The van der Waals surface area contributed by atoms with E-state index >= 15 is 0 Å². The highest BCUT2D eigenvalue weighted by atomic mass is 79.9. The topological polar surface area (TPSA) is 94.6 Å². The smallest absolute Gasteiger partial charge is 0.244 e. The van der Waals surface area contributed by atoms with Crippen molar-refractivity contribution >= 4 is 26.0 Å². The molecule has 1 aliphatic rings. The lowest BCUT2D eigenvalue weighted by Gasteiger charge is -2.09. The summed E-state index contributed by atoms with van der Waals surface area (Å²) in [4.78, 5) is 0.0836. The van der Waals surface area contributed by atoms with Crippen LogP contribution in [0.15, 0.2) is 20.0 Å². The second-order valence-electron chi connectivity index (χ2n) is 4.38. The molecular formula is C11H17BrN2O4S. The van der Waals surface area contributed by atoms with Crippen LogP contribution in [0.2, 0.25) is 0 Å². The Bertz CT molecular complexity index is 523. The van der Waals surface area contributed by atoms with Crippen molar-refractivity contribution in [2.45, 2.75) is 36.8 Å². The van der Waals surface area contributed by atoms with Crippen molar-refractivity contribution in [3.05, 3.63) is 16.5 Å². The van der Waals surface area contributed by atoms with Gasteiger partial charge in [0.2, 0.25) is 10.0 Å². The number of halogens is 1. The number of hydrogen-bond acceptors (Lipinski definition) is 5. The Morgan fingerprint density at radius 2 is 2.32 bits per heavy atom. The van der Waals surface area contributed by atoms with Gasteiger partial charge in [0.15, 0.2) is 4.67 Å². The molecule has 2 heterocycles. The molecule has 6 nitrogen and oxygen atoms in total. The first-order chi connectivity index (χ1) is 9.03. The molecule has 19 heavy (non-hydrogen) atoms. The molecule has 3 N–H and O–H groups in total. The van der Waals surface area contributed by atoms with E-state index in [1.807, 2.05) is 0 Å². The Morgan fingerprint density at radius 3 is 2.89 bits per heavy atom. The van der Waals surface area contributed by atoms with Crippen LogP contribution in [0, 0.1) is 0 Å². The van der Waals surface area contributed by atoms with Crippen molar-refractivity contribution in [1.82, 2.24) is 4.72 Å². The maximum Gasteiger partial charge on any atom is 0.244 e. The predicted octanol–water partition coefficient (Wildman–Crippen LogP) is 1.35. The summed E-state index contributed by atoms with van der Waals surface area (Å²) in [5.74, 6) is 0.423. The lowest BCUT2D eigenvalue weighted by atomic mass is 10.2. The molecule has 0 aliphatic carbocycles. The second-order valence-corrected chi connectivity index (χ2v) is 6.83. The minimum atomic E-state index is -3.57. The van der Waals surface area contributed by atoms with Gasteiger partial charge in [-0.25, -0.2) is 13.1 Å². The Hall–Kier alpha value is -0.410. The maximum absolute atomic E-state index is 12.1. The van der Waals surface area contributed by atoms with Gasteiger partial charge in [-0.2, -0.15) is 0 Å². The average molecular weight is 353 g/mol. The van der Waals surface area contributed by atoms with E-state index < -0.39 is 10.0 Å². The maximum atomic E-state index is 12.1. The van der Waals surface area contributed by atoms with Gasteiger partial charge in [0, 0.05) is 19.2 Å². The molecule has 1 fully saturated rings. The van der Waals surface area contributed by atoms with E-state index in [-0.39, 0.29) is 22.2 Å². The number of furan rings is 1. The van der Waals surface area contributed by atoms with Gasteiger partial charge in [0.05, 0.1) is 12.6 Å². The summed E-state index contributed by atoms with van der Waals surface area (Å²) in [6, 6.07) is 1.43. The number of ether oxygens (including phenoxy) is 1. The van der Waals surface area contributed by atoms with Crippen LogP contribution in [-0.2, 0) is 21.3 Å². The quantitative estimate of drug-likeness (QED) is 0.805. The molecule has 1 aromatic heterocycles. The minimum Gasteiger partial charge on any atom is -0.452 e. The van der Waals surface area contributed by atoms with Crippen LogP contribution < -0.4 is 10.5 Å². The summed E-state index contributed by atoms with van der Waals surface area (Å²) in [6.07, 6.45) is 2.88. The van der Waals surface area contributed by atoms with E-state index in [4.69, 9.17) is 14.9 Å². The summed E-state index contributed by atoms with van der Waals surface area (Å²) in [6.45, 7) is 1.27. The van der Waals surface area contributed by atoms with E-state index in [0.29, 0.717) is 18.7 Å². The Morgan fingerprint density at radius 1 is 1.53 bits per heavy atom. The van der Waals surface area contributed by atoms with Gasteiger partial charge in [-0.1, -0.05) is 0 Å². The highest BCUT2D eigenvalue weighted by Crippen LogP contribution is 2.25. The molecule has 0 aromatic carbocycles. The lowest BCUT2D eigenvalue weighted by molar-refractivity contribution is 0.105. The third kappa shape index (κ3) is 3.79. The van der Waals surface area contributed by atoms with Crippen molar-refractivity contribution in [3.63, 3.8) is 0 Å². The van der Waals surface area contributed by atoms with Crippen LogP contribution in [0.4, 0.5) is 0 Å². The highest BCUT2D eigenvalue weighted by molar-refractivity contribution is 9.10. The fourth-order valence-electron chi connectivity index (χ4n) is 1.99. The number of hydrogen-bond donors (Lipinski definition) is 2. The summed E-state index contributed by atoms with van der Waals surface area (Å²) in [7, 11) is -3.57. The standard InChI is InChI=1S/C11H17BrN2O4S/c12-11-10(6-9(7-13)18-11)19(15,16)14-4-3-8-2-1-5-17-8/h6,8,14H,1-5,7,13H2. The first kappa shape index (κ1) is 15.0. The summed E-state index contributed by atoms with van der Waals surface area (Å²) in [5.41, 5.74) is 5.41. The zero-order chi connectivity index (χ0) is 13.9. The average Bonchev–Trinajstić information content (AvgIpc) is 2.98. The number of nitrogens with one attached hydrogen (secondary N) is 1. The molecule has 1 aromatic rings. The van der Waals surface area contributed by atoms with Crippen LogP contribution in [0.3, 0.4) is 0 Å². The normalized spacial score (nSPS) is 20.0. The third-order valence-electron chi connectivity index (χ3n) is 2.98. The summed E-state index contributed by atoms with van der Waals surface area (Å²) in [5, 5.41) is 0. The van der Waals surface area contributed by atoms with Crippen molar-refractivity contribution in [2.75, 3.05) is 13.2 Å². The molecule has 0 spiro atoms. The van der Waals surface area contributed by atoms with Gasteiger partial charge in [-0.15, -0.1) is 0 Å². The molecule has 0 radical (unpaired) electrons. The SMILES string of the molecule is NCc1cc(S(=O)(=O)NCCC2CCCO2)c(Br)o1. The Labute approximate surface area is 120 Å². The molecule has 0 amide bonds. The van der Waals surface area contributed by atoms with Gasteiger partial charge < -0.3 is 14.9 Å². The largest absolute Gasteiger partial charge is 0.452 e. The van der Waals surface area contributed by atoms with E-state index in [1.54, 1.807) is 0 Å². The molecule has 2 rings (SSSR count). The van der Waals surface area contributed by atoms with Crippen molar-refractivity contribution < 1.29 is 17.6 Å². The van der Waals surface area contributed by atoms with Gasteiger partial charge in [0.1, 0.15) is 10.7 Å². The number of rotatable bonds is 6. The van der Waals surface area contributed by atoms with Crippen molar-refractivity contribution in [1.29, 1.82) is 0 Å². The molecule has 0 bridgehead atoms. The lowest BCUT2D eigenvalue weighted by Crippen LogP contribution is -2.27. The van der Waals surface area contributed by atoms with Crippen molar-refractivity contribution in [3.8, 4) is 0 Å². The Kier molecular flexibility index (Phi) is 5.02. The van der Waals surface area contributed by atoms with Crippen LogP contribution >= 0.6 is 15.9 Å². The van der Waals surface area contributed by atoms with Crippen LogP contribution in [0.5, 0.6) is 0 Å². The number of sulfonamides is 1. The van der Waals surface area contributed by atoms with Gasteiger partial charge >= 0.3 is 0 Å². The molecule has 1 aliphatic heterocycles. The van der Waals surface area contributed by atoms with Crippen molar-refractivity contribution in [2.24, 2.45) is 5.73 Å². The Balaban J connectivity index is 1.95. The van der Waals surface area contributed by atoms with E-state index in [1.165, 1.54) is 6.07 Å². The first-order valence-corrected chi connectivity index (χ1v) is 8.40. The van der Waals surface area contributed by atoms with Crippen LogP contribution in [-0.4, -0.2) is 27.7 Å². The molecule has 1 atom stereocenters. The van der Waals surface area contributed by atoms with E-state index in [2.05, 4.69) is 20.7 Å². The fourth-order valence-corrected chi connectivity index (χ4v) is 4.03. The summed E-state index contributed by atoms with van der Waals surface area (Å²) < 4.78 is 37.5. The molecule has 1 unspecified atom stereocenters. The van der Waals surface area contributed by atoms with Crippen LogP contribution in [0.1, 0.15) is 25.0 Å². The predicted molar refractivity (Wildman–Crippen MR) is 73.1 cm³/mol. The zero-order valence-corrected chi connectivity index (χ0v) is 12.8. The molecule has 108 valence electrons. The third-order valence-corrected chi connectivity index (χ3v) is 5.30. The second kappa shape index (κ2) is 6.36. The number of nitrogens with two attached hydrogens (primary N) is 1. The monoisotopic (exact) mass is 352 g/mol. The molecule has 8 heteroatoms. The fraction of sp³-hybridized carbons (Fsp3) is 0.636. The zero-order valence-electron chi connectivity index (χ0n) is 10.4. The molecule has 0 saturated carbocycles. The van der Waals surface area contributed by atoms with Gasteiger partial charge in [0.25, 0.3) is 0 Å². The molecule has 1 saturated heterocycles. The summed E-state index contributed by atoms with van der Waals surface area (Å²) >= 11 is 3.09.